The zero-order valence-electron chi connectivity index (χ0n) is 12.7. The van der Waals surface area contributed by atoms with Gasteiger partial charge in [0.05, 0.1) is 5.39 Å². The van der Waals surface area contributed by atoms with Gasteiger partial charge >= 0.3 is 0 Å². The van der Waals surface area contributed by atoms with Crippen LogP contribution in [-0.2, 0) is 12.8 Å². The van der Waals surface area contributed by atoms with Crippen molar-refractivity contribution in [2.45, 2.75) is 26.2 Å². The molecule has 0 bridgehead atoms. The maximum atomic E-state index is 4.81. The molecule has 0 saturated carbocycles. The number of nitrogens with zero attached hydrogens (tertiary/aromatic N) is 5. The number of thiophene rings is 1. The van der Waals surface area contributed by atoms with Crippen molar-refractivity contribution < 1.29 is 0 Å². The van der Waals surface area contributed by atoms with Crippen molar-refractivity contribution >= 4 is 27.2 Å². The molecule has 0 radical (unpaired) electrons. The lowest BCUT2D eigenvalue weighted by atomic mass is 9.89. The molecule has 1 atom stereocenters. The number of aromatic nitrogens is 5. The van der Waals surface area contributed by atoms with Gasteiger partial charge in [0.2, 0.25) is 0 Å². The third kappa shape index (κ3) is 1.98. The molecule has 0 fully saturated rings. The molecule has 0 amide bonds. The van der Waals surface area contributed by atoms with E-state index in [1.54, 1.807) is 18.7 Å². The lowest BCUT2D eigenvalue weighted by Gasteiger charge is -2.17. The molecular weight excluding hydrogens is 306 g/mol. The van der Waals surface area contributed by atoms with Crippen molar-refractivity contribution in [2.24, 2.45) is 5.92 Å². The Morgan fingerprint density at radius 3 is 3.00 bits per heavy atom. The molecule has 6 heteroatoms. The Hall–Kier alpha value is -2.34. The van der Waals surface area contributed by atoms with Crippen LogP contribution in [0, 0.1) is 5.92 Å². The SMILES string of the molecule is CC1CCc2sc3ncn4nc(-c5ccncc5)nc4c3c2C1. The van der Waals surface area contributed by atoms with Crippen molar-refractivity contribution in [3.8, 4) is 11.4 Å². The molecule has 23 heavy (non-hydrogen) atoms. The second kappa shape index (κ2) is 4.83. The van der Waals surface area contributed by atoms with Crippen LogP contribution in [0.1, 0.15) is 23.8 Å². The zero-order valence-corrected chi connectivity index (χ0v) is 13.5. The van der Waals surface area contributed by atoms with Gasteiger partial charge in [0, 0.05) is 22.8 Å². The number of hydrogen-bond acceptors (Lipinski definition) is 5. The fourth-order valence-corrected chi connectivity index (χ4v) is 4.55. The monoisotopic (exact) mass is 321 g/mol. The van der Waals surface area contributed by atoms with E-state index >= 15 is 0 Å². The highest BCUT2D eigenvalue weighted by Gasteiger charge is 2.23. The van der Waals surface area contributed by atoms with Gasteiger partial charge in [0.15, 0.2) is 11.5 Å². The summed E-state index contributed by atoms with van der Waals surface area (Å²) in [6, 6.07) is 3.87. The van der Waals surface area contributed by atoms with Crippen LogP contribution in [0.25, 0.3) is 27.3 Å². The van der Waals surface area contributed by atoms with Gasteiger partial charge in [0.25, 0.3) is 0 Å². The molecule has 1 unspecified atom stereocenters. The molecule has 0 saturated heterocycles. The maximum absolute atomic E-state index is 4.81. The first kappa shape index (κ1) is 13.1. The van der Waals surface area contributed by atoms with Gasteiger partial charge in [-0.15, -0.1) is 16.4 Å². The Balaban J connectivity index is 1.79. The van der Waals surface area contributed by atoms with Crippen LogP contribution in [-0.4, -0.2) is 24.6 Å². The summed E-state index contributed by atoms with van der Waals surface area (Å²) in [6.45, 7) is 2.33. The standard InChI is InChI=1S/C17H15N5S/c1-10-2-3-13-12(8-10)14-16-20-15(11-4-6-18-7-5-11)21-22(16)9-19-17(14)23-13/h4-7,9-10H,2-3,8H2,1H3. The van der Waals surface area contributed by atoms with E-state index in [2.05, 4.69) is 22.0 Å². The average Bonchev–Trinajstić information content (AvgIpc) is 3.16. The van der Waals surface area contributed by atoms with Crippen LogP contribution in [0.3, 0.4) is 0 Å². The molecule has 114 valence electrons. The third-order valence-electron chi connectivity index (χ3n) is 4.57. The molecule has 0 spiro atoms. The first-order valence-electron chi connectivity index (χ1n) is 7.85. The van der Waals surface area contributed by atoms with Gasteiger partial charge in [-0.1, -0.05) is 6.92 Å². The molecule has 0 aliphatic heterocycles. The van der Waals surface area contributed by atoms with Crippen LogP contribution >= 0.6 is 11.3 Å². The second-order valence-corrected chi connectivity index (χ2v) is 7.30. The van der Waals surface area contributed by atoms with Crippen molar-refractivity contribution in [3.05, 3.63) is 41.3 Å². The smallest absolute Gasteiger partial charge is 0.182 e. The number of aryl methyl sites for hydroxylation is 1. The van der Waals surface area contributed by atoms with Gasteiger partial charge in [-0.2, -0.15) is 0 Å². The van der Waals surface area contributed by atoms with E-state index in [1.807, 2.05) is 28.0 Å². The first-order valence-corrected chi connectivity index (χ1v) is 8.67. The van der Waals surface area contributed by atoms with Gasteiger partial charge in [-0.3, -0.25) is 4.98 Å². The molecule has 1 aliphatic carbocycles. The lowest BCUT2D eigenvalue weighted by molar-refractivity contribution is 0.508. The Labute approximate surface area is 137 Å². The Bertz CT molecular complexity index is 1020. The minimum atomic E-state index is 0.725. The van der Waals surface area contributed by atoms with Gasteiger partial charge in [0.1, 0.15) is 11.2 Å². The van der Waals surface area contributed by atoms with E-state index in [4.69, 9.17) is 4.98 Å². The highest BCUT2D eigenvalue weighted by molar-refractivity contribution is 7.19. The molecule has 4 aromatic heterocycles. The predicted molar refractivity (Wildman–Crippen MR) is 90.6 cm³/mol. The van der Waals surface area contributed by atoms with E-state index in [0.29, 0.717) is 0 Å². The summed E-state index contributed by atoms with van der Waals surface area (Å²) in [5.41, 5.74) is 3.35. The predicted octanol–water partition coefficient (Wildman–Crippen LogP) is 3.53. The largest absolute Gasteiger partial charge is 0.265 e. The van der Waals surface area contributed by atoms with E-state index in [0.717, 1.165) is 40.6 Å². The normalized spacial score (nSPS) is 17.7. The second-order valence-electron chi connectivity index (χ2n) is 6.22. The van der Waals surface area contributed by atoms with E-state index in [-0.39, 0.29) is 0 Å². The maximum Gasteiger partial charge on any atom is 0.182 e. The number of rotatable bonds is 1. The molecule has 4 aromatic rings. The van der Waals surface area contributed by atoms with Crippen LogP contribution < -0.4 is 0 Å². The molecule has 0 aromatic carbocycles. The summed E-state index contributed by atoms with van der Waals surface area (Å²) in [7, 11) is 0. The van der Waals surface area contributed by atoms with E-state index in [1.165, 1.54) is 22.2 Å². The van der Waals surface area contributed by atoms with Crippen molar-refractivity contribution in [1.29, 1.82) is 0 Å². The molecule has 1 aliphatic rings. The number of hydrogen-bond donors (Lipinski definition) is 0. The van der Waals surface area contributed by atoms with Crippen molar-refractivity contribution in [1.82, 2.24) is 24.6 Å². The van der Waals surface area contributed by atoms with Crippen LogP contribution in [0.5, 0.6) is 0 Å². The summed E-state index contributed by atoms with van der Waals surface area (Å²) in [4.78, 5) is 16.0. The summed E-state index contributed by atoms with van der Waals surface area (Å²) < 4.78 is 1.81. The number of fused-ring (bicyclic) bond motifs is 5. The molecule has 5 nitrogen and oxygen atoms in total. The Kier molecular flexibility index (Phi) is 2.76. The summed E-state index contributed by atoms with van der Waals surface area (Å²) >= 11 is 1.82. The highest BCUT2D eigenvalue weighted by atomic mass is 32.1. The summed E-state index contributed by atoms with van der Waals surface area (Å²) in [5, 5.41) is 5.80. The quantitative estimate of drug-likeness (QED) is 0.538. The lowest BCUT2D eigenvalue weighted by Crippen LogP contribution is -2.09. The Morgan fingerprint density at radius 1 is 1.26 bits per heavy atom. The average molecular weight is 321 g/mol. The van der Waals surface area contributed by atoms with E-state index < -0.39 is 0 Å². The zero-order chi connectivity index (χ0) is 15.4. The summed E-state index contributed by atoms with van der Waals surface area (Å²) in [5.74, 6) is 1.45. The van der Waals surface area contributed by atoms with Crippen LogP contribution in [0.2, 0.25) is 0 Å². The van der Waals surface area contributed by atoms with Crippen LogP contribution in [0.4, 0.5) is 0 Å². The fraction of sp³-hybridized carbons (Fsp3) is 0.294. The number of pyridine rings is 1. The van der Waals surface area contributed by atoms with Gasteiger partial charge in [-0.05, 0) is 42.9 Å². The summed E-state index contributed by atoms with van der Waals surface area (Å²) in [6.07, 6.45) is 8.86. The minimum Gasteiger partial charge on any atom is -0.265 e. The first-order chi connectivity index (χ1) is 11.3. The third-order valence-corrected chi connectivity index (χ3v) is 5.77. The fourth-order valence-electron chi connectivity index (χ4n) is 3.37. The minimum absolute atomic E-state index is 0.725. The topological polar surface area (TPSA) is 56.0 Å². The van der Waals surface area contributed by atoms with E-state index in [9.17, 15) is 0 Å². The molecule has 4 heterocycles. The van der Waals surface area contributed by atoms with Gasteiger partial charge < -0.3 is 0 Å². The molecule has 0 N–H and O–H groups in total. The van der Waals surface area contributed by atoms with Crippen molar-refractivity contribution in [3.63, 3.8) is 0 Å². The van der Waals surface area contributed by atoms with Crippen molar-refractivity contribution in [2.75, 3.05) is 0 Å². The molecular formula is C17H15N5S. The van der Waals surface area contributed by atoms with Gasteiger partial charge in [-0.25, -0.2) is 14.5 Å². The highest BCUT2D eigenvalue weighted by Crippen LogP contribution is 2.38. The Morgan fingerprint density at radius 2 is 2.13 bits per heavy atom. The van der Waals surface area contributed by atoms with Crippen LogP contribution in [0.15, 0.2) is 30.9 Å². The molecule has 5 rings (SSSR count).